The third-order valence-electron chi connectivity index (χ3n) is 3.50. The molecule has 0 saturated carbocycles. The summed E-state index contributed by atoms with van der Waals surface area (Å²) in [6.07, 6.45) is 0.585. The predicted octanol–water partition coefficient (Wildman–Crippen LogP) is 4.00. The first kappa shape index (κ1) is 11.8. The lowest BCUT2D eigenvalue weighted by Gasteiger charge is -2.10. The molecule has 2 unspecified atom stereocenters. The molecule has 0 aromatic heterocycles. The summed E-state index contributed by atoms with van der Waals surface area (Å²) < 4.78 is 0. The fourth-order valence-corrected chi connectivity index (χ4v) is 3.64. The third-order valence-corrected chi connectivity index (χ3v) is 4.67. The van der Waals surface area contributed by atoms with E-state index in [-0.39, 0.29) is 6.10 Å². The van der Waals surface area contributed by atoms with Crippen molar-refractivity contribution in [1.82, 2.24) is 0 Å². The number of fused-ring (bicyclic) bond motifs is 1. The van der Waals surface area contributed by atoms with Crippen LogP contribution in [-0.2, 0) is 0 Å². The molecular formula is C16H16OS. The largest absolute Gasteiger partial charge is 0.388 e. The zero-order chi connectivity index (χ0) is 12.4. The molecule has 2 atom stereocenters. The summed E-state index contributed by atoms with van der Waals surface area (Å²) in [5.74, 6) is 1.51. The van der Waals surface area contributed by atoms with E-state index in [0.717, 1.165) is 17.7 Å². The average molecular weight is 256 g/mol. The molecule has 0 fully saturated rings. The van der Waals surface area contributed by atoms with Crippen molar-refractivity contribution in [2.45, 2.75) is 23.3 Å². The minimum absolute atomic E-state index is 0.275. The van der Waals surface area contributed by atoms with Crippen LogP contribution in [0.2, 0.25) is 0 Å². The maximum absolute atomic E-state index is 10.0. The van der Waals surface area contributed by atoms with E-state index in [9.17, 15) is 5.11 Å². The quantitative estimate of drug-likeness (QED) is 0.838. The van der Waals surface area contributed by atoms with Gasteiger partial charge in [0.2, 0.25) is 0 Å². The van der Waals surface area contributed by atoms with Crippen molar-refractivity contribution in [3.63, 3.8) is 0 Å². The van der Waals surface area contributed by atoms with Crippen LogP contribution in [0.3, 0.4) is 0 Å². The lowest BCUT2D eigenvalue weighted by atomic mass is 10.0. The first-order valence-corrected chi connectivity index (χ1v) is 7.28. The third kappa shape index (κ3) is 2.31. The Balaban J connectivity index is 1.72. The Morgan fingerprint density at radius 2 is 1.61 bits per heavy atom. The second-order valence-corrected chi connectivity index (χ2v) is 5.79. The van der Waals surface area contributed by atoms with E-state index < -0.39 is 0 Å². The van der Waals surface area contributed by atoms with Gasteiger partial charge in [-0.2, -0.15) is 0 Å². The molecule has 0 bridgehead atoms. The Hall–Kier alpha value is -1.25. The Kier molecular flexibility index (Phi) is 3.39. The van der Waals surface area contributed by atoms with Gasteiger partial charge in [0.05, 0.1) is 6.10 Å². The van der Waals surface area contributed by atoms with E-state index >= 15 is 0 Å². The molecule has 0 saturated heterocycles. The highest BCUT2D eigenvalue weighted by atomic mass is 32.2. The number of aliphatic hydroxyl groups is 1. The van der Waals surface area contributed by atoms with Gasteiger partial charge in [-0.1, -0.05) is 42.5 Å². The van der Waals surface area contributed by atoms with Gasteiger partial charge in [-0.15, -0.1) is 11.8 Å². The summed E-state index contributed by atoms with van der Waals surface area (Å²) in [6, 6.07) is 18.7. The van der Waals surface area contributed by atoms with Crippen LogP contribution < -0.4 is 0 Å². The molecule has 0 radical (unpaired) electrons. The molecule has 2 aromatic rings. The van der Waals surface area contributed by atoms with E-state index in [4.69, 9.17) is 0 Å². The van der Waals surface area contributed by atoms with Crippen LogP contribution >= 0.6 is 11.8 Å². The van der Waals surface area contributed by atoms with Gasteiger partial charge in [0.1, 0.15) is 0 Å². The zero-order valence-electron chi connectivity index (χ0n) is 10.1. The number of rotatable bonds is 3. The minimum Gasteiger partial charge on any atom is -0.388 e. The van der Waals surface area contributed by atoms with E-state index in [0.29, 0.717) is 5.92 Å². The molecular weight excluding hydrogens is 240 g/mol. The fourth-order valence-electron chi connectivity index (χ4n) is 2.58. The van der Waals surface area contributed by atoms with Crippen molar-refractivity contribution < 1.29 is 5.11 Å². The van der Waals surface area contributed by atoms with Crippen LogP contribution in [0.25, 0.3) is 0 Å². The maximum atomic E-state index is 10.0. The van der Waals surface area contributed by atoms with Gasteiger partial charge in [0.15, 0.2) is 0 Å². The maximum Gasteiger partial charge on any atom is 0.0799 e. The first-order valence-electron chi connectivity index (χ1n) is 6.29. The molecule has 18 heavy (non-hydrogen) atoms. The number of hydrogen-bond acceptors (Lipinski definition) is 2. The highest BCUT2D eigenvalue weighted by Gasteiger charge is 2.28. The summed E-state index contributed by atoms with van der Waals surface area (Å²) in [6.45, 7) is 0. The molecule has 1 N–H and O–H groups in total. The fraction of sp³-hybridized carbons (Fsp3) is 0.250. The van der Waals surface area contributed by atoms with Crippen LogP contribution in [0, 0.1) is 0 Å². The first-order chi connectivity index (χ1) is 8.84. The minimum atomic E-state index is -0.275. The predicted molar refractivity (Wildman–Crippen MR) is 75.9 cm³/mol. The molecule has 1 nitrogen and oxygen atoms in total. The highest BCUT2D eigenvalue weighted by Crippen LogP contribution is 2.42. The molecule has 0 amide bonds. The van der Waals surface area contributed by atoms with Gasteiger partial charge in [0, 0.05) is 10.6 Å². The van der Waals surface area contributed by atoms with Gasteiger partial charge in [-0.05, 0) is 35.6 Å². The van der Waals surface area contributed by atoms with Crippen LogP contribution in [0.5, 0.6) is 0 Å². The van der Waals surface area contributed by atoms with Crippen molar-refractivity contribution in [2.75, 3.05) is 5.75 Å². The molecule has 0 aliphatic heterocycles. The number of hydrogen-bond donors (Lipinski definition) is 1. The molecule has 2 aromatic carbocycles. The summed E-state index contributed by atoms with van der Waals surface area (Å²) in [4.78, 5) is 1.30. The van der Waals surface area contributed by atoms with Gasteiger partial charge in [-0.25, -0.2) is 0 Å². The Labute approximate surface area is 112 Å². The lowest BCUT2D eigenvalue weighted by molar-refractivity contribution is 0.175. The zero-order valence-corrected chi connectivity index (χ0v) is 10.9. The number of benzene rings is 2. The van der Waals surface area contributed by atoms with Crippen LogP contribution in [0.15, 0.2) is 59.5 Å². The molecule has 0 spiro atoms. The Morgan fingerprint density at radius 1 is 0.944 bits per heavy atom. The van der Waals surface area contributed by atoms with Crippen molar-refractivity contribution in [2.24, 2.45) is 0 Å². The van der Waals surface area contributed by atoms with Crippen molar-refractivity contribution in [1.29, 1.82) is 0 Å². The molecule has 0 heterocycles. The number of thioether (sulfide) groups is 1. The Morgan fingerprint density at radius 3 is 2.39 bits per heavy atom. The van der Waals surface area contributed by atoms with Crippen molar-refractivity contribution in [3.05, 3.63) is 65.7 Å². The van der Waals surface area contributed by atoms with E-state index in [1.165, 1.54) is 10.5 Å². The highest BCUT2D eigenvalue weighted by molar-refractivity contribution is 7.99. The van der Waals surface area contributed by atoms with Crippen molar-refractivity contribution in [3.8, 4) is 0 Å². The molecule has 1 aliphatic rings. The molecule has 3 rings (SSSR count). The van der Waals surface area contributed by atoms with Crippen LogP contribution in [0.1, 0.15) is 29.6 Å². The van der Waals surface area contributed by atoms with Crippen LogP contribution in [0.4, 0.5) is 0 Å². The van der Waals surface area contributed by atoms with E-state index in [1.54, 1.807) is 0 Å². The van der Waals surface area contributed by atoms with Crippen LogP contribution in [-0.4, -0.2) is 10.9 Å². The molecule has 92 valence electrons. The van der Waals surface area contributed by atoms with Crippen molar-refractivity contribution >= 4 is 11.8 Å². The lowest BCUT2D eigenvalue weighted by Crippen LogP contribution is -1.97. The van der Waals surface area contributed by atoms with Gasteiger partial charge < -0.3 is 5.11 Å². The van der Waals surface area contributed by atoms with E-state index in [1.807, 2.05) is 30.0 Å². The smallest absolute Gasteiger partial charge is 0.0799 e. The number of aliphatic hydroxyl groups excluding tert-OH is 1. The van der Waals surface area contributed by atoms with Gasteiger partial charge in [-0.3, -0.25) is 0 Å². The SMILES string of the molecule is OC1CC(CSc2ccccc2)c2ccccc21. The Bertz CT molecular complexity index is 524. The summed E-state index contributed by atoms with van der Waals surface area (Å²) in [7, 11) is 0. The second kappa shape index (κ2) is 5.17. The normalized spacial score (nSPS) is 21.8. The molecule has 1 aliphatic carbocycles. The summed E-state index contributed by atoms with van der Waals surface area (Å²) >= 11 is 1.87. The topological polar surface area (TPSA) is 20.2 Å². The average Bonchev–Trinajstić information content (AvgIpc) is 2.75. The summed E-state index contributed by atoms with van der Waals surface area (Å²) in [5.41, 5.74) is 2.45. The summed E-state index contributed by atoms with van der Waals surface area (Å²) in [5, 5.41) is 10.0. The van der Waals surface area contributed by atoms with Gasteiger partial charge in [0.25, 0.3) is 0 Å². The standard InChI is InChI=1S/C16H16OS/c17-16-10-12(14-8-4-5-9-15(14)16)11-18-13-6-2-1-3-7-13/h1-9,12,16-17H,10-11H2. The van der Waals surface area contributed by atoms with E-state index in [2.05, 4.69) is 36.4 Å². The second-order valence-electron chi connectivity index (χ2n) is 4.70. The molecule has 2 heteroatoms. The monoisotopic (exact) mass is 256 g/mol. The van der Waals surface area contributed by atoms with Gasteiger partial charge >= 0.3 is 0 Å².